The molecule has 31 heavy (non-hydrogen) atoms. The summed E-state index contributed by atoms with van der Waals surface area (Å²) in [5.41, 5.74) is 0.634. The van der Waals surface area contributed by atoms with Gasteiger partial charge in [0.05, 0.1) is 19.7 Å². The third-order valence-electron chi connectivity index (χ3n) is 6.00. The number of nitrogens with zero attached hydrogens (tertiary/aromatic N) is 3. The van der Waals surface area contributed by atoms with E-state index in [1.807, 2.05) is 48.5 Å². The van der Waals surface area contributed by atoms with Crippen LogP contribution >= 0.6 is 0 Å². The van der Waals surface area contributed by atoms with Crippen LogP contribution in [-0.2, 0) is 27.3 Å². The van der Waals surface area contributed by atoms with Gasteiger partial charge in [-0.05, 0) is 43.6 Å². The van der Waals surface area contributed by atoms with Crippen LogP contribution in [0.1, 0.15) is 24.1 Å². The normalized spacial score (nSPS) is 21.7. The van der Waals surface area contributed by atoms with Crippen LogP contribution in [0.2, 0.25) is 0 Å². The number of likely N-dealkylation sites (tertiary alicyclic amines) is 1. The Morgan fingerprint density at radius 1 is 1.03 bits per heavy atom. The summed E-state index contributed by atoms with van der Waals surface area (Å²) in [4.78, 5) is 34.7. The molecule has 164 valence electrons. The van der Waals surface area contributed by atoms with Crippen molar-refractivity contribution in [3.05, 3.63) is 66.0 Å². The molecule has 0 aliphatic carbocycles. The lowest BCUT2D eigenvalue weighted by Gasteiger charge is -2.42. The average Bonchev–Trinajstić information content (AvgIpc) is 3.32. The van der Waals surface area contributed by atoms with Crippen molar-refractivity contribution in [1.82, 2.24) is 20.1 Å². The fourth-order valence-electron chi connectivity index (χ4n) is 4.29. The molecule has 2 fully saturated rings. The van der Waals surface area contributed by atoms with Gasteiger partial charge in [0.25, 0.3) is 5.91 Å². The molecular weight excluding hydrogens is 392 g/mol. The fraction of sp³-hybridized carbons (Fsp3) is 0.458. The van der Waals surface area contributed by atoms with Crippen molar-refractivity contribution < 1.29 is 14.3 Å². The van der Waals surface area contributed by atoms with Gasteiger partial charge < -0.3 is 15.0 Å². The van der Waals surface area contributed by atoms with Crippen molar-refractivity contribution in [1.29, 1.82) is 0 Å². The summed E-state index contributed by atoms with van der Waals surface area (Å²) in [5.74, 6) is -0.146. The summed E-state index contributed by atoms with van der Waals surface area (Å²) < 4.78 is 6.11. The second-order valence-corrected chi connectivity index (χ2v) is 8.31. The molecule has 2 saturated heterocycles. The molecule has 3 heterocycles. The number of pyridine rings is 1. The SMILES string of the molecule is O=C(CN1CCCC1)N1CCO[C@@](Cc2ccccn2)(C(=O)NCc2ccccc2)C1. The molecule has 0 unspecified atom stereocenters. The number of nitrogens with one attached hydrogen (secondary N) is 1. The monoisotopic (exact) mass is 422 g/mol. The Morgan fingerprint density at radius 2 is 1.81 bits per heavy atom. The van der Waals surface area contributed by atoms with E-state index in [9.17, 15) is 9.59 Å². The molecule has 2 amide bonds. The summed E-state index contributed by atoms with van der Waals surface area (Å²) in [5, 5.41) is 3.02. The quantitative estimate of drug-likeness (QED) is 0.734. The van der Waals surface area contributed by atoms with Gasteiger partial charge in [-0.3, -0.25) is 19.5 Å². The van der Waals surface area contributed by atoms with E-state index in [2.05, 4.69) is 15.2 Å². The van der Waals surface area contributed by atoms with Gasteiger partial charge in [-0.25, -0.2) is 0 Å². The summed E-state index contributed by atoms with van der Waals surface area (Å²) >= 11 is 0. The lowest BCUT2D eigenvalue weighted by molar-refractivity contribution is -0.166. The number of hydrogen-bond donors (Lipinski definition) is 1. The minimum Gasteiger partial charge on any atom is -0.361 e. The van der Waals surface area contributed by atoms with Gasteiger partial charge >= 0.3 is 0 Å². The van der Waals surface area contributed by atoms with Crippen LogP contribution in [0.15, 0.2) is 54.7 Å². The minimum atomic E-state index is -1.15. The predicted molar refractivity (Wildman–Crippen MR) is 117 cm³/mol. The second-order valence-electron chi connectivity index (χ2n) is 8.31. The Kier molecular flexibility index (Phi) is 6.94. The van der Waals surface area contributed by atoms with Crippen molar-refractivity contribution in [2.75, 3.05) is 39.3 Å². The van der Waals surface area contributed by atoms with Crippen molar-refractivity contribution >= 4 is 11.8 Å². The zero-order valence-electron chi connectivity index (χ0n) is 17.8. The average molecular weight is 423 g/mol. The zero-order chi connectivity index (χ0) is 21.5. The number of rotatable bonds is 7. The third-order valence-corrected chi connectivity index (χ3v) is 6.00. The van der Waals surface area contributed by atoms with Gasteiger partial charge in [0.2, 0.25) is 5.91 Å². The first-order valence-corrected chi connectivity index (χ1v) is 11.0. The lowest BCUT2D eigenvalue weighted by Crippen LogP contribution is -2.62. The molecule has 7 nitrogen and oxygen atoms in total. The van der Waals surface area contributed by atoms with Crippen molar-refractivity contribution in [2.45, 2.75) is 31.4 Å². The van der Waals surface area contributed by atoms with Gasteiger partial charge in [0.1, 0.15) is 0 Å². The van der Waals surface area contributed by atoms with E-state index >= 15 is 0 Å². The molecule has 2 aromatic rings. The van der Waals surface area contributed by atoms with Crippen LogP contribution in [0.5, 0.6) is 0 Å². The molecule has 0 spiro atoms. The fourth-order valence-corrected chi connectivity index (χ4v) is 4.29. The van der Waals surface area contributed by atoms with Gasteiger partial charge in [-0.15, -0.1) is 0 Å². The highest BCUT2D eigenvalue weighted by atomic mass is 16.5. The first-order valence-electron chi connectivity index (χ1n) is 11.0. The maximum atomic E-state index is 13.4. The van der Waals surface area contributed by atoms with Gasteiger partial charge in [-0.1, -0.05) is 36.4 Å². The number of carbonyl (C=O) groups is 2. The zero-order valence-corrected chi connectivity index (χ0v) is 17.8. The van der Waals surface area contributed by atoms with E-state index in [4.69, 9.17) is 4.74 Å². The van der Waals surface area contributed by atoms with Crippen LogP contribution < -0.4 is 5.32 Å². The molecule has 2 aliphatic rings. The molecule has 2 aliphatic heterocycles. The standard InChI is InChI=1S/C24H30N4O3/c29-22(18-27-12-6-7-13-27)28-14-15-31-24(19-28,16-21-10-4-5-11-25-21)23(30)26-17-20-8-2-1-3-9-20/h1-5,8-11H,6-7,12-19H2,(H,26,30)/t24-/m1/s1. The van der Waals surface area contributed by atoms with Crippen LogP contribution in [0, 0.1) is 0 Å². The molecule has 0 bridgehead atoms. The molecule has 1 N–H and O–H groups in total. The Hall–Kier alpha value is -2.77. The first kappa shape index (κ1) is 21.5. The van der Waals surface area contributed by atoms with Crippen LogP contribution in [0.3, 0.4) is 0 Å². The van der Waals surface area contributed by atoms with E-state index in [-0.39, 0.29) is 18.4 Å². The molecule has 1 atom stereocenters. The number of benzene rings is 1. The van der Waals surface area contributed by atoms with Crippen molar-refractivity contribution in [3.8, 4) is 0 Å². The van der Waals surface area contributed by atoms with E-state index in [1.54, 1.807) is 11.1 Å². The predicted octanol–water partition coefficient (Wildman–Crippen LogP) is 1.63. The number of morpholine rings is 1. The highest BCUT2D eigenvalue weighted by Gasteiger charge is 2.45. The summed E-state index contributed by atoms with van der Waals surface area (Å²) in [6, 6.07) is 15.4. The molecule has 7 heteroatoms. The Labute approximate surface area is 183 Å². The highest BCUT2D eigenvalue weighted by Crippen LogP contribution is 2.24. The molecule has 0 radical (unpaired) electrons. The third kappa shape index (κ3) is 5.48. The van der Waals surface area contributed by atoms with E-state index < -0.39 is 5.60 Å². The lowest BCUT2D eigenvalue weighted by atomic mass is 9.93. The largest absolute Gasteiger partial charge is 0.361 e. The minimum absolute atomic E-state index is 0.0615. The van der Waals surface area contributed by atoms with Gasteiger partial charge in [-0.2, -0.15) is 0 Å². The molecule has 4 rings (SSSR count). The van der Waals surface area contributed by atoms with Crippen LogP contribution in [0.25, 0.3) is 0 Å². The summed E-state index contributed by atoms with van der Waals surface area (Å²) in [6.07, 6.45) is 4.32. The second kappa shape index (κ2) is 10.0. The van der Waals surface area contributed by atoms with E-state index in [0.717, 1.165) is 37.2 Å². The number of hydrogen-bond acceptors (Lipinski definition) is 5. The topological polar surface area (TPSA) is 74.8 Å². The Balaban J connectivity index is 1.49. The molecule has 1 aromatic heterocycles. The van der Waals surface area contributed by atoms with Crippen molar-refractivity contribution in [2.24, 2.45) is 0 Å². The Morgan fingerprint density at radius 3 is 2.55 bits per heavy atom. The van der Waals surface area contributed by atoms with E-state index in [0.29, 0.717) is 32.7 Å². The van der Waals surface area contributed by atoms with Crippen LogP contribution in [0.4, 0.5) is 0 Å². The first-order chi connectivity index (χ1) is 15.1. The maximum absolute atomic E-state index is 13.4. The number of ether oxygens (including phenoxy) is 1. The molecular formula is C24H30N4O3. The highest BCUT2D eigenvalue weighted by molar-refractivity contribution is 5.87. The van der Waals surface area contributed by atoms with Gasteiger partial charge in [0.15, 0.2) is 5.60 Å². The molecule has 0 saturated carbocycles. The maximum Gasteiger partial charge on any atom is 0.254 e. The number of carbonyl (C=O) groups excluding carboxylic acids is 2. The van der Waals surface area contributed by atoms with E-state index in [1.165, 1.54) is 0 Å². The summed E-state index contributed by atoms with van der Waals surface area (Å²) in [6.45, 7) is 3.82. The summed E-state index contributed by atoms with van der Waals surface area (Å²) in [7, 11) is 0. The number of amides is 2. The van der Waals surface area contributed by atoms with Crippen LogP contribution in [-0.4, -0.2) is 71.5 Å². The smallest absolute Gasteiger partial charge is 0.254 e. The Bertz CT molecular complexity index is 871. The van der Waals surface area contributed by atoms with Gasteiger partial charge in [0, 0.05) is 31.4 Å². The van der Waals surface area contributed by atoms with Crippen molar-refractivity contribution in [3.63, 3.8) is 0 Å². The molecule has 1 aromatic carbocycles. The number of aromatic nitrogens is 1.